The van der Waals surface area contributed by atoms with Crippen molar-refractivity contribution in [1.82, 2.24) is 9.97 Å². The van der Waals surface area contributed by atoms with E-state index in [9.17, 15) is 10.1 Å². The second kappa shape index (κ2) is 5.27. The Morgan fingerprint density at radius 1 is 1.53 bits per heavy atom. The van der Waals surface area contributed by atoms with Gasteiger partial charge in [0.2, 0.25) is 11.1 Å². The second-order valence-corrected chi connectivity index (χ2v) is 4.50. The van der Waals surface area contributed by atoms with Crippen molar-refractivity contribution in [2.24, 2.45) is 5.92 Å². The van der Waals surface area contributed by atoms with E-state index in [1.807, 2.05) is 0 Å². The average Bonchev–Trinajstić information content (AvgIpc) is 2.78. The topological polar surface area (TPSA) is 81.0 Å². The van der Waals surface area contributed by atoms with Gasteiger partial charge in [-0.3, -0.25) is 10.1 Å². The quantitative estimate of drug-likeness (QED) is 0.509. The predicted molar refractivity (Wildman–Crippen MR) is 64.1 cm³/mol. The molecule has 0 amide bonds. The first kappa shape index (κ1) is 12.0. The molecule has 2 rings (SSSR count). The van der Waals surface area contributed by atoms with Crippen LogP contribution in [-0.2, 0) is 0 Å². The summed E-state index contributed by atoms with van der Waals surface area (Å²) in [6.07, 6.45) is 5.93. The van der Waals surface area contributed by atoms with Gasteiger partial charge in [-0.2, -0.15) is 4.98 Å². The summed E-state index contributed by atoms with van der Waals surface area (Å²) >= 11 is 5.63. The molecule has 0 atom stereocenters. The van der Waals surface area contributed by atoms with Crippen LogP contribution in [0.25, 0.3) is 0 Å². The molecule has 0 bridgehead atoms. The molecule has 0 aromatic carbocycles. The molecule has 1 aromatic rings. The molecule has 92 valence electrons. The summed E-state index contributed by atoms with van der Waals surface area (Å²) in [7, 11) is 0. The van der Waals surface area contributed by atoms with Crippen molar-refractivity contribution >= 4 is 23.1 Å². The number of hydrogen-bond donors (Lipinski definition) is 1. The molecule has 17 heavy (non-hydrogen) atoms. The fourth-order valence-corrected chi connectivity index (χ4v) is 2.21. The van der Waals surface area contributed by atoms with E-state index < -0.39 is 4.92 Å². The summed E-state index contributed by atoms with van der Waals surface area (Å²) in [6.45, 7) is 0.703. The molecular weight excluding hydrogens is 244 g/mol. The van der Waals surface area contributed by atoms with E-state index >= 15 is 0 Å². The van der Waals surface area contributed by atoms with Gasteiger partial charge in [-0.15, -0.1) is 0 Å². The second-order valence-electron chi connectivity index (χ2n) is 4.16. The van der Waals surface area contributed by atoms with Crippen LogP contribution >= 0.6 is 11.6 Å². The van der Waals surface area contributed by atoms with Crippen LogP contribution in [0.2, 0.25) is 5.28 Å². The first-order valence-corrected chi connectivity index (χ1v) is 5.95. The SMILES string of the molecule is O=[N+]([O-])c1cnc(Cl)nc1NCC1CCCC1. The van der Waals surface area contributed by atoms with Crippen LogP contribution in [-0.4, -0.2) is 21.4 Å². The zero-order valence-corrected chi connectivity index (χ0v) is 9.98. The van der Waals surface area contributed by atoms with Crippen molar-refractivity contribution in [1.29, 1.82) is 0 Å². The summed E-state index contributed by atoms with van der Waals surface area (Å²) < 4.78 is 0. The van der Waals surface area contributed by atoms with E-state index in [2.05, 4.69) is 15.3 Å². The van der Waals surface area contributed by atoms with Crippen molar-refractivity contribution < 1.29 is 4.92 Å². The first-order valence-electron chi connectivity index (χ1n) is 5.57. The Morgan fingerprint density at radius 2 is 2.24 bits per heavy atom. The van der Waals surface area contributed by atoms with Gasteiger partial charge in [-0.05, 0) is 30.4 Å². The number of nitrogens with one attached hydrogen (secondary N) is 1. The molecule has 1 aliphatic carbocycles. The molecule has 1 aromatic heterocycles. The van der Waals surface area contributed by atoms with E-state index in [1.165, 1.54) is 25.7 Å². The maximum Gasteiger partial charge on any atom is 0.329 e. The molecule has 0 spiro atoms. The number of nitro groups is 1. The Bertz CT molecular complexity index is 421. The number of halogens is 1. The molecule has 0 aliphatic heterocycles. The van der Waals surface area contributed by atoms with Crippen LogP contribution in [0, 0.1) is 16.0 Å². The van der Waals surface area contributed by atoms with E-state index in [0.29, 0.717) is 12.5 Å². The van der Waals surface area contributed by atoms with Crippen molar-refractivity contribution in [3.05, 3.63) is 21.6 Å². The fraction of sp³-hybridized carbons (Fsp3) is 0.600. The van der Waals surface area contributed by atoms with Crippen LogP contribution in [0.3, 0.4) is 0 Å². The maximum absolute atomic E-state index is 10.8. The lowest BCUT2D eigenvalue weighted by atomic mass is 10.1. The molecule has 0 saturated heterocycles. The summed E-state index contributed by atoms with van der Waals surface area (Å²) in [6, 6.07) is 0. The van der Waals surface area contributed by atoms with Crippen LogP contribution in [0.1, 0.15) is 25.7 Å². The van der Waals surface area contributed by atoms with Crippen molar-refractivity contribution in [3.8, 4) is 0 Å². The lowest BCUT2D eigenvalue weighted by molar-refractivity contribution is -0.384. The highest BCUT2D eigenvalue weighted by Crippen LogP contribution is 2.27. The standard InChI is InChI=1S/C10H13ClN4O2/c11-10-13-6-8(15(16)17)9(14-10)12-5-7-3-1-2-4-7/h6-7H,1-5H2,(H,12,13,14). The number of aromatic nitrogens is 2. The number of rotatable bonds is 4. The minimum Gasteiger partial charge on any atom is -0.364 e. The maximum atomic E-state index is 10.8. The minimum absolute atomic E-state index is 0.0181. The van der Waals surface area contributed by atoms with Gasteiger partial charge in [-0.25, -0.2) is 4.98 Å². The Labute approximate surface area is 104 Å². The van der Waals surface area contributed by atoms with Gasteiger partial charge in [0.15, 0.2) is 0 Å². The molecule has 0 unspecified atom stereocenters. The van der Waals surface area contributed by atoms with Gasteiger partial charge in [-0.1, -0.05) is 12.8 Å². The molecule has 1 heterocycles. The zero-order chi connectivity index (χ0) is 12.3. The molecular formula is C10H13ClN4O2. The highest BCUT2D eigenvalue weighted by molar-refractivity contribution is 6.28. The Kier molecular flexibility index (Phi) is 3.73. The molecule has 1 fully saturated rings. The summed E-state index contributed by atoms with van der Waals surface area (Å²) in [4.78, 5) is 17.7. The summed E-state index contributed by atoms with van der Waals surface area (Å²) in [5, 5.41) is 13.8. The van der Waals surface area contributed by atoms with E-state index in [0.717, 1.165) is 6.20 Å². The van der Waals surface area contributed by atoms with Gasteiger partial charge in [0.1, 0.15) is 6.20 Å². The minimum atomic E-state index is -0.507. The third-order valence-electron chi connectivity index (χ3n) is 2.97. The van der Waals surface area contributed by atoms with Crippen molar-refractivity contribution in [2.45, 2.75) is 25.7 Å². The van der Waals surface area contributed by atoms with E-state index in [4.69, 9.17) is 11.6 Å². The highest BCUT2D eigenvalue weighted by Gasteiger charge is 2.19. The number of nitrogens with zero attached hydrogens (tertiary/aromatic N) is 3. The number of hydrogen-bond acceptors (Lipinski definition) is 5. The third-order valence-corrected chi connectivity index (χ3v) is 3.15. The first-order chi connectivity index (χ1) is 8.16. The summed E-state index contributed by atoms with van der Waals surface area (Å²) in [5.74, 6) is 0.783. The summed E-state index contributed by atoms with van der Waals surface area (Å²) in [5.41, 5.74) is -0.132. The predicted octanol–water partition coefficient (Wildman–Crippen LogP) is 2.64. The molecule has 7 heteroatoms. The van der Waals surface area contributed by atoms with Crippen LogP contribution in [0.5, 0.6) is 0 Å². The monoisotopic (exact) mass is 256 g/mol. The van der Waals surface area contributed by atoms with Gasteiger partial charge < -0.3 is 5.32 Å². The van der Waals surface area contributed by atoms with Crippen LogP contribution in [0.4, 0.5) is 11.5 Å². The van der Waals surface area contributed by atoms with E-state index in [-0.39, 0.29) is 16.8 Å². The molecule has 1 N–H and O–H groups in total. The van der Waals surface area contributed by atoms with Gasteiger partial charge in [0.05, 0.1) is 4.92 Å². The van der Waals surface area contributed by atoms with Gasteiger partial charge in [0, 0.05) is 6.54 Å². The molecule has 0 radical (unpaired) electrons. The third kappa shape index (κ3) is 3.03. The largest absolute Gasteiger partial charge is 0.364 e. The smallest absolute Gasteiger partial charge is 0.329 e. The van der Waals surface area contributed by atoms with Crippen molar-refractivity contribution in [2.75, 3.05) is 11.9 Å². The van der Waals surface area contributed by atoms with E-state index in [1.54, 1.807) is 0 Å². The van der Waals surface area contributed by atoms with Gasteiger partial charge >= 0.3 is 5.69 Å². The highest BCUT2D eigenvalue weighted by atomic mass is 35.5. The lowest BCUT2D eigenvalue weighted by Gasteiger charge is -2.10. The van der Waals surface area contributed by atoms with Gasteiger partial charge in [0.25, 0.3) is 0 Å². The van der Waals surface area contributed by atoms with Crippen LogP contribution in [0.15, 0.2) is 6.20 Å². The Morgan fingerprint density at radius 3 is 2.88 bits per heavy atom. The van der Waals surface area contributed by atoms with Crippen LogP contribution < -0.4 is 5.32 Å². The zero-order valence-electron chi connectivity index (χ0n) is 9.23. The average molecular weight is 257 g/mol. The molecule has 6 nitrogen and oxygen atoms in total. The lowest BCUT2D eigenvalue weighted by Crippen LogP contribution is -2.13. The number of anilines is 1. The Hall–Kier alpha value is -1.43. The normalized spacial score (nSPS) is 16.1. The van der Waals surface area contributed by atoms with Crippen molar-refractivity contribution in [3.63, 3.8) is 0 Å². The molecule has 1 aliphatic rings. The fourth-order valence-electron chi connectivity index (χ4n) is 2.07. The Balaban J connectivity index is 2.07. The molecule has 1 saturated carbocycles.